The lowest BCUT2D eigenvalue weighted by Crippen LogP contribution is -2.62. The highest BCUT2D eigenvalue weighted by molar-refractivity contribution is 7.88. The van der Waals surface area contributed by atoms with Gasteiger partial charge in [-0.3, -0.25) is 14.4 Å². The Hall–Kier alpha value is -3.53. The number of carbonyl (C=O) groups excluding carboxylic acids is 4. The number of likely N-dealkylation sites (tertiary alicyclic amines) is 1. The summed E-state index contributed by atoms with van der Waals surface area (Å²) in [6, 6.07) is 0.566. The van der Waals surface area contributed by atoms with Gasteiger partial charge in [0.25, 0.3) is 0 Å². The van der Waals surface area contributed by atoms with Gasteiger partial charge in [0.15, 0.2) is 0 Å². The molecule has 4 N–H and O–H groups in total. The number of nitrogens with zero attached hydrogens (tertiary/aromatic N) is 2. The quantitative estimate of drug-likeness (QED) is 0.216. The summed E-state index contributed by atoms with van der Waals surface area (Å²) in [4.78, 5) is 55.2. The molecule has 284 valence electrons. The normalized spacial score (nSPS) is 17.2. The molecule has 0 spiro atoms. The maximum atomic E-state index is 14.0. The number of hydrogen-bond donors (Lipinski definition) is 4. The van der Waals surface area contributed by atoms with Gasteiger partial charge in [0.05, 0.1) is 13.4 Å². The number of rotatable bonds is 15. The van der Waals surface area contributed by atoms with Gasteiger partial charge in [-0.25, -0.2) is 26.3 Å². The number of sulfonamides is 1. The number of methoxy groups -OCH3 is 1. The number of carbonyl (C=O) groups is 4. The largest absolute Gasteiger partial charge is 0.496 e. The van der Waals surface area contributed by atoms with Crippen LogP contribution in [0.15, 0.2) is 18.2 Å². The van der Waals surface area contributed by atoms with Crippen LogP contribution in [-0.2, 0) is 30.8 Å². The summed E-state index contributed by atoms with van der Waals surface area (Å²) in [5.74, 6) is -1.44. The topological polar surface area (TPSA) is 166 Å². The SMILES string of the molecule is COc1ccc(C)cc1CCNC(=O)[C@H](CC(F)F)NC(=O)[C@@H]1CCCN1C(=O)[C@@H](NC(=O)N[C@H](CN(C)S(C)(=O)=O)C(C)(C)C)C(C)(C)C. The zero-order valence-electron chi connectivity index (χ0n) is 31.0. The van der Waals surface area contributed by atoms with Crippen molar-refractivity contribution in [1.29, 1.82) is 0 Å². The van der Waals surface area contributed by atoms with Crippen molar-refractivity contribution in [2.45, 2.75) is 105 Å². The minimum absolute atomic E-state index is 0.00820. The highest BCUT2D eigenvalue weighted by Crippen LogP contribution is 2.27. The van der Waals surface area contributed by atoms with E-state index < -0.39 is 81.6 Å². The Bertz CT molecular complexity index is 1460. The van der Waals surface area contributed by atoms with Gasteiger partial charge in [0, 0.05) is 39.1 Å². The Balaban J connectivity index is 2.17. The molecule has 1 aromatic rings. The molecule has 16 heteroatoms. The summed E-state index contributed by atoms with van der Waals surface area (Å²) in [7, 11) is -0.594. The third kappa shape index (κ3) is 12.7. The summed E-state index contributed by atoms with van der Waals surface area (Å²) in [5.41, 5.74) is 0.441. The van der Waals surface area contributed by atoms with E-state index in [4.69, 9.17) is 4.74 Å². The van der Waals surface area contributed by atoms with Crippen molar-refractivity contribution in [2.24, 2.45) is 10.8 Å². The zero-order valence-corrected chi connectivity index (χ0v) is 31.8. The molecule has 0 aliphatic carbocycles. The van der Waals surface area contributed by atoms with Crippen LogP contribution in [0.2, 0.25) is 0 Å². The van der Waals surface area contributed by atoms with Gasteiger partial charge in [-0.05, 0) is 48.6 Å². The molecule has 1 heterocycles. The van der Waals surface area contributed by atoms with Crippen molar-refractivity contribution in [3.63, 3.8) is 0 Å². The number of alkyl halides is 2. The van der Waals surface area contributed by atoms with Crippen molar-refractivity contribution in [3.8, 4) is 5.75 Å². The molecule has 0 unspecified atom stereocenters. The zero-order chi connectivity index (χ0) is 38.2. The highest BCUT2D eigenvalue weighted by Gasteiger charge is 2.43. The van der Waals surface area contributed by atoms with Crippen LogP contribution < -0.4 is 26.0 Å². The van der Waals surface area contributed by atoms with Gasteiger partial charge in [0.2, 0.25) is 34.2 Å². The first-order valence-electron chi connectivity index (χ1n) is 16.7. The number of benzene rings is 1. The lowest BCUT2D eigenvalue weighted by Gasteiger charge is -2.37. The van der Waals surface area contributed by atoms with Crippen LogP contribution in [0.25, 0.3) is 0 Å². The Kier molecular flexibility index (Phi) is 15.0. The van der Waals surface area contributed by atoms with Crippen LogP contribution in [0.5, 0.6) is 5.75 Å². The van der Waals surface area contributed by atoms with Gasteiger partial charge in [0.1, 0.15) is 23.9 Å². The van der Waals surface area contributed by atoms with Crippen molar-refractivity contribution >= 4 is 33.8 Å². The van der Waals surface area contributed by atoms with Gasteiger partial charge < -0.3 is 30.9 Å². The highest BCUT2D eigenvalue weighted by atomic mass is 32.2. The first-order chi connectivity index (χ1) is 22.9. The van der Waals surface area contributed by atoms with Gasteiger partial charge in [-0.1, -0.05) is 59.2 Å². The predicted octanol–water partition coefficient (Wildman–Crippen LogP) is 2.81. The molecular weight excluding hydrogens is 674 g/mol. The molecule has 0 radical (unpaired) electrons. The van der Waals surface area contributed by atoms with Crippen LogP contribution in [0.1, 0.15) is 71.9 Å². The number of hydrogen-bond acceptors (Lipinski definition) is 7. The first-order valence-corrected chi connectivity index (χ1v) is 18.6. The Morgan fingerprint density at radius 2 is 1.68 bits per heavy atom. The molecule has 1 aromatic carbocycles. The van der Waals surface area contributed by atoms with Crippen molar-refractivity contribution < 1.29 is 41.1 Å². The van der Waals surface area contributed by atoms with Gasteiger partial charge >= 0.3 is 6.03 Å². The lowest BCUT2D eigenvalue weighted by molar-refractivity contribution is -0.142. The monoisotopic (exact) mass is 730 g/mol. The van der Waals surface area contributed by atoms with Gasteiger partial charge in [-0.15, -0.1) is 0 Å². The molecule has 50 heavy (non-hydrogen) atoms. The second-order valence-corrected chi connectivity index (χ2v) is 17.2. The van der Waals surface area contributed by atoms with E-state index in [0.29, 0.717) is 18.6 Å². The standard InChI is InChI=1S/C34H56F2N6O7S/c1-21-13-14-25(49-9)22(18-21)15-16-37-29(43)23(19-27(35)36)38-30(44)24-12-11-17-42(24)31(45)28(34(5,6)7)40-32(46)39-26(33(2,3)4)20-41(8)50(10,47)48/h13-14,18,23-24,26-28H,11-12,15-17,19-20H2,1-10H3,(H,37,43)(H,38,44)(H2,39,40,46)/t23-,24-,26+,28+/m0/s1. The number of nitrogens with one attached hydrogen (secondary N) is 4. The van der Waals surface area contributed by atoms with E-state index in [0.717, 1.165) is 21.7 Å². The third-order valence-corrected chi connectivity index (χ3v) is 10.0. The number of halogens is 2. The van der Waals surface area contributed by atoms with E-state index in [-0.39, 0.29) is 26.1 Å². The number of aryl methyl sites for hydroxylation is 1. The summed E-state index contributed by atoms with van der Waals surface area (Å²) < 4.78 is 57.7. The van der Waals surface area contributed by atoms with Crippen LogP contribution >= 0.6 is 0 Å². The van der Waals surface area contributed by atoms with Crippen LogP contribution in [0.3, 0.4) is 0 Å². The predicted molar refractivity (Wildman–Crippen MR) is 187 cm³/mol. The number of urea groups is 1. The molecule has 5 amide bonds. The summed E-state index contributed by atoms with van der Waals surface area (Å²) in [6.45, 7) is 13.0. The second kappa shape index (κ2) is 17.6. The molecule has 1 aliphatic rings. The summed E-state index contributed by atoms with van der Waals surface area (Å²) in [5, 5.41) is 10.6. The smallest absolute Gasteiger partial charge is 0.315 e. The van der Waals surface area contributed by atoms with E-state index in [1.54, 1.807) is 26.8 Å². The average molecular weight is 731 g/mol. The van der Waals surface area contributed by atoms with Crippen LogP contribution in [-0.4, -0.2) is 112 Å². The summed E-state index contributed by atoms with van der Waals surface area (Å²) >= 11 is 0. The first kappa shape index (κ1) is 42.6. The van der Waals surface area contributed by atoms with Crippen LogP contribution in [0.4, 0.5) is 13.6 Å². The third-order valence-electron chi connectivity index (χ3n) is 8.76. The Morgan fingerprint density at radius 3 is 2.22 bits per heavy atom. The Labute approximate surface area is 295 Å². The molecule has 0 saturated carbocycles. The van der Waals surface area contributed by atoms with E-state index in [1.807, 2.05) is 39.8 Å². The van der Waals surface area contributed by atoms with Gasteiger partial charge in [-0.2, -0.15) is 0 Å². The van der Waals surface area contributed by atoms with E-state index in [1.165, 1.54) is 19.1 Å². The molecule has 1 aliphatic heterocycles. The molecule has 2 rings (SSSR count). The minimum Gasteiger partial charge on any atom is -0.496 e. The summed E-state index contributed by atoms with van der Waals surface area (Å²) in [6.07, 6.45) is -1.68. The fourth-order valence-electron chi connectivity index (χ4n) is 5.60. The number of likely N-dealkylation sites (N-methyl/N-ethyl adjacent to an activating group) is 1. The minimum atomic E-state index is -3.53. The molecule has 1 fully saturated rings. The molecule has 0 aromatic heterocycles. The van der Waals surface area contributed by atoms with Crippen molar-refractivity contribution in [1.82, 2.24) is 30.5 Å². The van der Waals surface area contributed by atoms with E-state index in [9.17, 15) is 36.4 Å². The molecule has 4 atom stereocenters. The number of amides is 5. The van der Waals surface area contributed by atoms with Crippen molar-refractivity contribution in [2.75, 3.05) is 40.0 Å². The van der Waals surface area contributed by atoms with E-state index in [2.05, 4.69) is 21.3 Å². The second-order valence-electron chi connectivity index (χ2n) is 15.1. The molecule has 1 saturated heterocycles. The number of ether oxygens (including phenoxy) is 1. The molecular formula is C34H56F2N6O7S. The fourth-order valence-corrected chi connectivity index (χ4v) is 6.02. The van der Waals surface area contributed by atoms with E-state index >= 15 is 0 Å². The average Bonchev–Trinajstić information content (AvgIpc) is 3.47. The molecule has 13 nitrogen and oxygen atoms in total. The maximum absolute atomic E-state index is 14.0. The lowest BCUT2D eigenvalue weighted by atomic mass is 9.85. The maximum Gasteiger partial charge on any atom is 0.315 e. The van der Waals surface area contributed by atoms with Crippen molar-refractivity contribution in [3.05, 3.63) is 29.3 Å². The fraction of sp³-hybridized carbons (Fsp3) is 0.706. The van der Waals surface area contributed by atoms with Crippen LogP contribution in [0, 0.1) is 17.8 Å². The Morgan fingerprint density at radius 1 is 1.04 bits per heavy atom. The molecule has 0 bridgehead atoms.